The van der Waals surface area contributed by atoms with E-state index in [4.69, 9.17) is 5.11 Å². The van der Waals surface area contributed by atoms with Crippen LogP contribution in [-0.4, -0.2) is 42.2 Å². The van der Waals surface area contributed by atoms with Crippen LogP contribution in [0, 0.1) is 0 Å². The molecule has 0 unspecified atom stereocenters. The van der Waals surface area contributed by atoms with Crippen molar-refractivity contribution in [1.82, 2.24) is 0 Å². The molecule has 0 aromatic rings. The molecule has 0 bridgehead atoms. The van der Waals surface area contributed by atoms with Crippen molar-refractivity contribution in [3.8, 4) is 0 Å². The van der Waals surface area contributed by atoms with Gasteiger partial charge in [0.05, 0.1) is 0 Å². The van der Waals surface area contributed by atoms with E-state index >= 15 is 0 Å². The van der Waals surface area contributed by atoms with Gasteiger partial charge >= 0.3 is 32.7 Å². The Hall–Kier alpha value is 1.97. The summed E-state index contributed by atoms with van der Waals surface area (Å²) in [6.45, 7) is 18.4. The van der Waals surface area contributed by atoms with Crippen molar-refractivity contribution in [2.75, 3.05) is 6.61 Å². The van der Waals surface area contributed by atoms with E-state index < -0.39 is 30.5 Å². The predicted molar refractivity (Wildman–Crippen MR) is 93.1 cm³/mol. The molecule has 0 saturated heterocycles. The summed E-state index contributed by atoms with van der Waals surface area (Å²) in [5.41, 5.74) is 0. The van der Waals surface area contributed by atoms with Crippen LogP contribution in [0.3, 0.4) is 0 Å². The quantitative estimate of drug-likeness (QED) is 0.467. The van der Waals surface area contributed by atoms with Gasteiger partial charge in [-0.1, -0.05) is 76.2 Å². The van der Waals surface area contributed by atoms with Crippen LogP contribution in [-0.2, 0) is 65.4 Å². The minimum Gasteiger partial charge on any atom is -0.852 e. The van der Waals surface area contributed by atoms with Gasteiger partial charge in [-0.3, -0.25) is 0 Å². The van der Waals surface area contributed by atoms with Gasteiger partial charge in [-0.15, -0.1) is 30.5 Å². The monoisotopic (exact) mass is 533 g/mol. The number of rotatable bonds is 1. The van der Waals surface area contributed by atoms with Crippen molar-refractivity contribution >= 4 is 0 Å². The fourth-order valence-corrected chi connectivity index (χ4v) is 0. The molecule has 159 valence electrons. The summed E-state index contributed by atoms with van der Waals surface area (Å²) in [4.78, 5) is 0. The number of aliphatic hydroxyl groups excluding tert-OH is 1. The summed E-state index contributed by atoms with van der Waals surface area (Å²) < 4.78 is 0. The van der Waals surface area contributed by atoms with Gasteiger partial charge < -0.3 is 30.6 Å². The molecule has 0 heterocycles. The Balaban J connectivity index is -0.0000000245. The summed E-state index contributed by atoms with van der Waals surface area (Å²) in [7, 11) is 0. The first kappa shape index (κ1) is 51.0. The molecule has 0 aliphatic heterocycles. The Labute approximate surface area is 214 Å². The fraction of sp³-hybridized carbons (Fsp3) is 1.00. The Morgan fingerprint density at radius 1 is 0.538 bits per heavy atom. The maximum atomic E-state index is 9.53. The molecule has 0 spiro atoms. The second kappa shape index (κ2) is 50.5. The SMILES string of the molecule is CC(C)[O-].CC(C)[O-].CC(C)[O-].CC(C)[O-].CC(C)[O-].CCCO.[Y+3].[Y]. The number of hydrogen-bond donors (Lipinski definition) is 1. The molecule has 0 aliphatic rings. The third-order valence-corrected chi connectivity index (χ3v) is 0.224. The van der Waals surface area contributed by atoms with Crippen molar-refractivity contribution in [3.63, 3.8) is 0 Å². The van der Waals surface area contributed by atoms with Crippen LogP contribution in [0.15, 0.2) is 0 Å². The number of hydrogen-bond acceptors (Lipinski definition) is 6. The largest absolute Gasteiger partial charge is 3.00 e. The predicted octanol–water partition coefficient (Wildman–Crippen LogP) is -0.841. The van der Waals surface area contributed by atoms with E-state index in [9.17, 15) is 25.5 Å². The van der Waals surface area contributed by atoms with Crippen molar-refractivity contribution in [2.24, 2.45) is 0 Å². The smallest absolute Gasteiger partial charge is 0.852 e. The molecular weight excluding hydrogens is 490 g/mol. The Kier molecular flexibility index (Phi) is 99.2. The first-order valence-corrected chi connectivity index (χ1v) is 8.48. The zero-order chi connectivity index (χ0) is 21.3. The molecule has 0 atom stereocenters. The van der Waals surface area contributed by atoms with Gasteiger partial charge in [0.25, 0.3) is 0 Å². The van der Waals surface area contributed by atoms with E-state index in [1.807, 2.05) is 6.92 Å². The van der Waals surface area contributed by atoms with Gasteiger partial charge in [-0.2, -0.15) is 0 Å². The molecule has 0 amide bonds. The first-order chi connectivity index (χ1) is 10.6. The van der Waals surface area contributed by atoms with Crippen LogP contribution in [0.2, 0.25) is 0 Å². The van der Waals surface area contributed by atoms with Gasteiger partial charge in [-0.25, -0.2) is 0 Å². The van der Waals surface area contributed by atoms with Crippen LogP contribution in [0.4, 0.5) is 0 Å². The van der Waals surface area contributed by atoms with E-state index in [2.05, 4.69) is 0 Å². The molecule has 6 nitrogen and oxygen atoms in total. The number of aliphatic hydroxyl groups is 1. The third kappa shape index (κ3) is 1840. The molecule has 0 aromatic heterocycles. The average molecular weight is 533 g/mol. The van der Waals surface area contributed by atoms with Crippen LogP contribution in [0.5, 0.6) is 0 Å². The Morgan fingerprint density at radius 2 is 0.577 bits per heavy atom. The molecule has 0 rings (SSSR count). The molecular formula is C18H43O6Y2-2. The van der Waals surface area contributed by atoms with Gasteiger partial charge in [0, 0.05) is 39.3 Å². The van der Waals surface area contributed by atoms with E-state index in [-0.39, 0.29) is 65.4 Å². The standard InChI is InChI=1S/5C3H7O.C3H8O.2Y/c5*1-3(2)4;1-2-3-4;;/h5*3H,1-2H3;4H,2-3H2,1H3;;/q5*-1;;;+3. The second-order valence-corrected chi connectivity index (χ2v) is 5.97. The summed E-state index contributed by atoms with van der Waals surface area (Å²) >= 11 is 0. The average Bonchev–Trinajstić information content (AvgIpc) is 2.24. The van der Waals surface area contributed by atoms with Gasteiger partial charge in [0.2, 0.25) is 0 Å². The second-order valence-electron chi connectivity index (χ2n) is 5.97. The van der Waals surface area contributed by atoms with Crippen LogP contribution in [0.1, 0.15) is 82.6 Å². The fourth-order valence-electron chi connectivity index (χ4n) is 0. The van der Waals surface area contributed by atoms with Gasteiger partial charge in [-0.05, 0) is 6.42 Å². The van der Waals surface area contributed by atoms with Crippen molar-refractivity contribution in [2.45, 2.75) is 113 Å². The summed E-state index contributed by atoms with van der Waals surface area (Å²) in [5.74, 6) is 0. The summed E-state index contributed by atoms with van der Waals surface area (Å²) in [6.07, 6.45) is -1.21. The molecule has 0 fully saturated rings. The van der Waals surface area contributed by atoms with Gasteiger partial charge in [0.15, 0.2) is 0 Å². The first-order valence-electron chi connectivity index (χ1n) is 8.48. The molecule has 0 aliphatic carbocycles. The van der Waals surface area contributed by atoms with Crippen LogP contribution >= 0.6 is 0 Å². The molecule has 0 saturated carbocycles. The van der Waals surface area contributed by atoms with Crippen molar-refractivity contribution < 1.29 is 96.1 Å². The molecule has 1 radical (unpaired) electrons. The van der Waals surface area contributed by atoms with Gasteiger partial charge in [0.1, 0.15) is 0 Å². The van der Waals surface area contributed by atoms with E-state index in [1.165, 1.54) is 0 Å². The maximum Gasteiger partial charge on any atom is 3.00 e. The zero-order valence-electron chi connectivity index (χ0n) is 18.9. The Morgan fingerprint density at radius 3 is 0.577 bits per heavy atom. The topological polar surface area (TPSA) is 136 Å². The molecule has 0 aromatic carbocycles. The third-order valence-electron chi connectivity index (χ3n) is 0.224. The maximum absolute atomic E-state index is 9.53. The normalized spacial score (nSPS) is 8.08. The van der Waals surface area contributed by atoms with Crippen molar-refractivity contribution in [3.05, 3.63) is 0 Å². The zero-order valence-corrected chi connectivity index (χ0v) is 24.6. The summed E-state index contributed by atoms with van der Waals surface area (Å²) in [6, 6.07) is 0. The molecule has 8 heteroatoms. The Bertz CT molecular complexity index is 108. The van der Waals surface area contributed by atoms with Crippen LogP contribution < -0.4 is 25.5 Å². The van der Waals surface area contributed by atoms with E-state index in [0.29, 0.717) is 6.61 Å². The minimum absolute atomic E-state index is 0. The molecule has 26 heavy (non-hydrogen) atoms. The van der Waals surface area contributed by atoms with Crippen molar-refractivity contribution in [1.29, 1.82) is 0 Å². The molecule has 1 N–H and O–H groups in total. The summed E-state index contributed by atoms with van der Waals surface area (Å²) in [5, 5.41) is 55.5. The van der Waals surface area contributed by atoms with E-state index in [0.717, 1.165) is 6.42 Å². The minimum atomic E-state index is -0.417. The van der Waals surface area contributed by atoms with Crippen LogP contribution in [0.25, 0.3) is 0 Å². The van der Waals surface area contributed by atoms with E-state index in [1.54, 1.807) is 69.2 Å².